The first-order chi connectivity index (χ1) is 20.6. The number of carbonyl (C=O) groups is 2. The van der Waals surface area contributed by atoms with Crippen molar-refractivity contribution in [2.24, 2.45) is 0 Å². The van der Waals surface area contributed by atoms with Crippen LogP contribution in [0.1, 0.15) is 35.0 Å². The van der Waals surface area contributed by atoms with Crippen LogP contribution in [0.3, 0.4) is 0 Å². The predicted octanol–water partition coefficient (Wildman–Crippen LogP) is 4.90. The van der Waals surface area contributed by atoms with Gasteiger partial charge in [-0.3, -0.25) is 14.4 Å². The highest BCUT2D eigenvalue weighted by Gasteiger charge is 2.33. The summed E-state index contributed by atoms with van der Waals surface area (Å²) >= 11 is 4.58. The molecule has 0 aliphatic carbocycles. The molecule has 1 aliphatic heterocycles. The first-order valence-corrected chi connectivity index (χ1v) is 16.5. The summed E-state index contributed by atoms with van der Waals surface area (Å²) in [4.78, 5) is 35.9. The number of hydrogen-bond donors (Lipinski definition) is 1. The third kappa shape index (κ3) is 7.71. The smallest absolute Gasteiger partial charge is 0.352 e. The summed E-state index contributed by atoms with van der Waals surface area (Å²) in [6.45, 7) is 2.63. The molecule has 0 atom stereocenters. The van der Waals surface area contributed by atoms with E-state index in [-0.39, 0.29) is 29.0 Å². The zero-order chi connectivity index (χ0) is 31.1. The molecule has 43 heavy (non-hydrogen) atoms. The number of hydrogen-bond acceptors (Lipinski definition) is 11. The number of anilines is 1. The maximum Gasteiger partial charge on any atom is 0.352 e. The molecule has 0 amide bonds. The number of esters is 2. The number of nitrogens with zero attached hydrogens (tertiary/aromatic N) is 2. The van der Waals surface area contributed by atoms with Gasteiger partial charge >= 0.3 is 11.9 Å². The fourth-order valence-electron chi connectivity index (χ4n) is 4.70. The lowest BCUT2D eigenvalue weighted by Crippen LogP contribution is -2.46. The van der Waals surface area contributed by atoms with E-state index in [1.54, 1.807) is 37.3 Å². The van der Waals surface area contributed by atoms with Gasteiger partial charge in [-0.1, -0.05) is 24.3 Å². The van der Waals surface area contributed by atoms with Gasteiger partial charge in [-0.2, -0.15) is 0 Å². The summed E-state index contributed by atoms with van der Waals surface area (Å²) in [5.74, 6) is -1.58. The van der Waals surface area contributed by atoms with Crippen molar-refractivity contribution in [1.82, 2.24) is 5.32 Å². The highest BCUT2D eigenvalue weighted by atomic mass is 79.9. The van der Waals surface area contributed by atoms with Crippen LogP contribution in [0.2, 0.25) is 0 Å². The quantitative estimate of drug-likeness (QED) is 0.157. The Morgan fingerprint density at radius 1 is 1.16 bits per heavy atom. The minimum Gasteiger partial charge on any atom is -0.479 e. The molecule has 0 bridgehead atoms. The fraction of sp³-hybridized carbons (Fsp3) is 0.357. The Hall–Kier alpha value is -3.53. The molecule has 15 heteroatoms. The molecule has 0 saturated carbocycles. The van der Waals surface area contributed by atoms with Crippen LogP contribution in [0.5, 0.6) is 5.75 Å². The second-order valence-electron chi connectivity index (χ2n) is 9.50. The molecular formula is C28H30BrN3O9S2. The van der Waals surface area contributed by atoms with E-state index in [1.807, 2.05) is 0 Å². The lowest BCUT2D eigenvalue weighted by atomic mass is 10.1. The zero-order valence-electron chi connectivity index (χ0n) is 23.4. The molecule has 1 saturated heterocycles. The Kier molecular flexibility index (Phi) is 10.8. The summed E-state index contributed by atoms with van der Waals surface area (Å²) in [5, 5.41) is 14.5. The molecule has 12 nitrogen and oxygen atoms in total. The number of methoxy groups -OCH3 is 1. The molecule has 1 aromatic heterocycles. The van der Waals surface area contributed by atoms with E-state index < -0.39 is 39.2 Å². The third-order valence-corrected chi connectivity index (χ3v) is 10.6. The van der Waals surface area contributed by atoms with E-state index in [9.17, 15) is 28.1 Å². The predicted molar refractivity (Wildman–Crippen MR) is 165 cm³/mol. The standard InChI is InChI=1S/C28H30BrN3O9S2/c1-3-40-28(34)27-25(41-16-23(33)39-2)24(29)26(42-27)19-7-5-8-21(15-19)31(20-10-12-30-13-11-20)43(37,38)17-18-6-4-9-22(14-18)32(35)36/h4-9,14-15,20,30H,3,10-13,16-17H2,1-2H3. The number of halogens is 1. The van der Waals surface area contributed by atoms with Gasteiger partial charge < -0.3 is 19.5 Å². The minimum absolute atomic E-state index is 0.114. The Morgan fingerprint density at radius 2 is 1.88 bits per heavy atom. The SMILES string of the molecule is CCOC(=O)c1sc(-c2cccc(N(C3CCNCC3)S(=O)(=O)Cc3cccc([N+](=O)[O-])c3)c2)c(Br)c1OCC(=O)OC. The van der Waals surface area contributed by atoms with Gasteiger partial charge in [-0.15, -0.1) is 11.3 Å². The molecule has 0 radical (unpaired) electrons. The van der Waals surface area contributed by atoms with Crippen molar-refractivity contribution in [1.29, 1.82) is 0 Å². The third-order valence-electron chi connectivity index (χ3n) is 6.61. The van der Waals surface area contributed by atoms with Crippen LogP contribution in [0.4, 0.5) is 11.4 Å². The second-order valence-corrected chi connectivity index (χ2v) is 13.2. The van der Waals surface area contributed by atoms with Gasteiger partial charge in [0.25, 0.3) is 5.69 Å². The Bertz CT molecular complexity index is 1600. The topological polar surface area (TPSA) is 154 Å². The summed E-state index contributed by atoms with van der Waals surface area (Å²) in [6.07, 6.45) is 1.14. The molecule has 1 fully saturated rings. The highest BCUT2D eigenvalue weighted by molar-refractivity contribution is 9.10. The van der Waals surface area contributed by atoms with Crippen molar-refractivity contribution < 1.29 is 37.1 Å². The number of nitro groups is 1. The second kappa shape index (κ2) is 14.3. The normalized spacial score (nSPS) is 13.7. The number of ether oxygens (including phenoxy) is 3. The van der Waals surface area contributed by atoms with Crippen LogP contribution >= 0.6 is 27.3 Å². The number of non-ortho nitro benzene ring substituents is 1. The van der Waals surface area contributed by atoms with Crippen molar-refractivity contribution in [2.45, 2.75) is 31.6 Å². The Balaban J connectivity index is 1.76. The van der Waals surface area contributed by atoms with Crippen molar-refractivity contribution in [3.8, 4) is 16.2 Å². The lowest BCUT2D eigenvalue weighted by Gasteiger charge is -2.35. The maximum absolute atomic E-state index is 14.0. The number of nitrogens with one attached hydrogen (secondary N) is 1. The maximum atomic E-state index is 14.0. The monoisotopic (exact) mass is 695 g/mol. The van der Waals surface area contributed by atoms with Crippen LogP contribution in [0, 0.1) is 10.1 Å². The van der Waals surface area contributed by atoms with Gasteiger partial charge in [0.05, 0.1) is 39.4 Å². The summed E-state index contributed by atoms with van der Waals surface area (Å²) < 4.78 is 45.3. The molecular weight excluding hydrogens is 666 g/mol. The molecule has 230 valence electrons. The summed E-state index contributed by atoms with van der Waals surface area (Å²) in [5.41, 5.74) is 1.12. The van der Waals surface area contributed by atoms with E-state index in [1.165, 1.54) is 29.6 Å². The van der Waals surface area contributed by atoms with Crippen molar-refractivity contribution in [3.05, 3.63) is 73.6 Å². The van der Waals surface area contributed by atoms with E-state index in [0.29, 0.717) is 52.1 Å². The number of nitro benzene ring substituents is 1. The minimum atomic E-state index is -4.00. The molecule has 0 spiro atoms. The zero-order valence-corrected chi connectivity index (χ0v) is 26.6. The van der Waals surface area contributed by atoms with Gasteiger partial charge in [0.1, 0.15) is 0 Å². The number of piperidine rings is 1. The van der Waals surface area contributed by atoms with E-state index in [0.717, 1.165) is 11.3 Å². The first kappa shape index (κ1) is 32.4. The van der Waals surface area contributed by atoms with Crippen LogP contribution in [0.25, 0.3) is 10.4 Å². The van der Waals surface area contributed by atoms with Gasteiger partial charge in [-0.05, 0) is 72.0 Å². The van der Waals surface area contributed by atoms with Crippen LogP contribution < -0.4 is 14.4 Å². The Labute approximate surface area is 261 Å². The van der Waals surface area contributed by atoms with E-state index in [2.05, 4.69) is 26.0 Å². The highest BCUT2D eigenvalue weighted by Crippen LogP contribution is 2.47. The average molecular weight is 697 g/mol. The molecule has 3 aromatic rings. The fourth-order valence-corrected chi connectivity index (χ4v) is 8.48. The van der Waals surface area contributed by atoms with Crippen molar-refractivity contribution in [3.63, 3.8) is 0 Å². The molecule has 1 aliphatic rings. The van der Waals surface area contributed by atoms with E-state index >= 15 is 0 Å². The summed E-state index contributed by atoms with van der Waals surface area (Å²) in [7, 11) is -2.78. The largest absolute Gasteiger partial charge is 0.479 e. The van der Waals surface area contributed by atoms with Crippen LogP contribution in [-0.4, -0.2) is 64.7 Å². The average Bonchev–Trinajstić information content (AvgIpc) is 3.32. The molecule has 2 aromatic carbocycles. The van der Waals surface area contributed by atoms with E-state index in [4.69, 9.17) is 9.47 Å². The number of benzene rings is 2. The van der Waals surface area contributed by atoms with Gasteiger partial charge in [-0.25, -0.2) is 18.0 Å². The van der Waals surface area contributed by atoms with Gasteiger partial charge in [0.2, 0.25) is 10.0 Å². The molecule has 0 unspecified atom stereocenters. The molecule has 2 heterocycles. The molecule has 1 N–H and O–H groups in total. The first-order valence-electron chi connectivity index (χ1n) is 13.3. The Morgan fingerprint density at radius 3 is 2.56 bits per heavy atom. The lowest BCUT2D eigenvalue weighted by molar-refractivity contribution is -0.384. The van der Waals surface area contributed by atoms with Crippen LogP contribution in [0.15, 0.2) is 53.0 Å². The van der Waals surface area contributed by atoms with Crippen molar-refractivity contribution in [2.75, 3.05) is 37.7 Å². The number of carbonyl (C=O) groups excluding carboxylic acids is 2. The van der Waals surface area contributed by atoms with Crippen LogP contribution in [-0.2, 0) is 30.0 Å². The number of thiophene rings is 1. The van der Waals surface area contributed by atoms with Crippen molar-refractivity contribution >= 4 is 60.6 Å². The molecule has 4 rings (SSSR count). The van der Waals surface area contributed by atoms with Gasteiger partial charge in [0.15, 0.2) is 17.2 Å². The summed E-state index contributed by atoms with van der Waals surface area (Å²) in [6, 6.07) is 12.1. The number of rotatable bonds is 12. The van der Waals surface area contributed by atoms with Gasteiger partial charge in [0, 0.05) is 18.2 Å². The number of sulfonamides is 1.